The Kier molecular flexibility index (Phi) is 4.06. The second kappa shape index (κ2) is 5.75. The summed E-state index contributed by atoms with van der Waals surface area (Å²) in [4.78, 5) is 0. The van der Waals surface area contributed by atoms with Crippen LogP contribution in [0, 0.1) is 0 Å². The van der Waals surface area contributed by atoms with E-state index < -0.39 is 6.10 Å². The minimum absolute atomic E-state index is 0.506. The maximum absolute atomic E-state index is 10.2. The van der Waals surface area contributed by atoms with Gasteiger partial charge in [-0.1, -0.05) is 6.07 Å². The van der Waals surface area contributed by atoms with Gasteiger partial charge in [-0.25, -0.2) is 0 Å². The zero-order valence-electron chi connectivity index (χ0n) is 11.3. The SMILES string of the molecule is COc1ccc(CC(O)c2cnn(C)c2)cc1OC. The van der Waals surface area contributed by atoms with Gasteiger partial charge < -0.3 is 14.6 Å². The van der Waals surface area contributed by atoms with Crippen molar-refractivity contribution >= 4 is 0 Å². The molecule has 0 amide bonds. The quantitative estimate of drug-likeness (QED) is 0.891. The highest BCUT2D eigenvalue weighted by atomic mass is 16.5. The summed E-state index contributed by atoms with van der Waals surface area (Å²) >= 11 is 0. The molecule has 1 N–H and O–H groups in total. The van der Waals surface area contributed by atoms with Crippen LogP contribution in [-0.2, 0) is 13.5 Å². The number of methoxy groups -OCH3 is 2. The lowest BCUT2D eigenvalue weighted by Crippen LogP contribution is -2.01. The Balaban J connectivity index is 2.14. The van der Waals surface area contributed by atoms with Gasteiger partial charge in [0.25, 0.3) is 0 Å². The van der Waals surface area contributed by atoms with Crippen molar-refractivity contribution in [2.24, 2.45) is 7.05 Å². The van der Waals surface area contributed by atoms with Crippen LogP contribution < -0.4 is 9.47 Å². The van der Waals surface area contributed by atoms with E-state index >= 15 is 0 Å². The largest absolute Gasteiger partial charge is 0.493 e. The van der Waals surface area contributed by atoms with Crippen LogP contribution in [-0.4, -0.2) is 29.1 Å². The Morgan fingerprint density at radius 3 is 2.58 bits per heavy atom. The number of aryl methyl sites for hydroxylation is 1. The van der Waals surface area contributed by atoms with Crippen molar-refractivity contribution in [1.29, 1.82) is 0 Å². The molecular formula is C14H18N2O3. The molecule has 0 aliphatic rings. The molecule has 1 aromatic heterocycles. The highest BCUT2D eigenvalue weighted by Gasteiger charge is 2.12. The van der Waals surface area contributed by atoms with Crippen molar-refractivity contribution in [3.63, 3.8) is 0 Å². The molecule has 5 heteroatoms. The second-order valence-electron chi connectivity index (χ2n) is 4.36. The van der Waals surface area contributed by atoms with Crippen LogP contribution in [0.25, 0.3) is 0 Å². The number of hydrogen-bond donors (Lipinski definition) is 1. The molecule has 102 valence electrons. The van der Waals surface area contributed by atoms with E-state index in [0.29, 0.717) is 17.9 Å². The summed E-state index contributed by atoms with van der Waals surface area (Å²) in [5.74, 6) is 1.35. The molecule has 0 aliphatic heterocycles. The first-order valence-corrected chi connectivity index (χ1v) is 6.01. The van der Waals surface area contributed by atoms with Crippen LogP contribution in [0.5, 0.6) is 11.5 Å². The maximum atomic E-state index is 10.2. The fourth-order valence-corrected chi connectivity index (χ4v) is 1.96. The monoisotopic (exact) mass is 262 g/mol. The molecule has 0 saturated heterocycles. The Labute approximate surface area is 112 Å². The first-order valence-electron chi connectivity index (χ1n) is 6.01. The smallest absolute Gasteiger partial charge is 0.160 e. The van der Waals surface area contributed by atoms with Gasteiger partial charge in [0.1, 0.15) is 0 Å². The number of hydrogen-bond acceptors (Lipinski definition) is 4. The summed E-state index contributed by atoms with van der Waals surface area (Å²) in [6, 6.07) is 5.63. The van der Waals surface area contributed by atoms with Gasteiger partial charge in [-0.2, -0.15) is 5.10 Å². The van der Waals surface area contributed by atoms with E-state index in [-0.39, 0.29) is 0 Å². The normalized spacial score (nSPS) is 12.2. The van der Waals surface area contributed by atoms with Crippen LogP contribution in [0.2, 0.25) is 0 Å². The molecule has 1 heterocycles. The Hall–Kier alpha value is -2.01. The topological polar surface area (TPSA) is 56.5 Å². The zero-order chi connectivity index (χ0) is 13.8. The van der Waals surface area contributed by atoms with E-state index in [1.165, 1.54) is 0 Å². The number of aliphatic hydroxyl groups is 1. The van der Waals surface area contributed by atoms with Crippen LogP contribution >= 0.6 is 0 Å². The molecule has 5 nitrogen and oxygen atoms in total. The van der Waals surface area contributed by atoms with E-state index in [2.05, 4.69) is 5.10 Å². The summed E-state index contributed by atoms with van der Waals surface area (Å²) in [6.45, 7) is 0. The predicted molar refractivity (Wildman–Crippen MR) is 71.4 cm³/mol. The molecule has 2 aromatic rings. The van der Waals surface area contributed by atoms with Gasteiger partial charge in [-0.3, -0.25) is 4.68 Å². The molecule has 0 bridgehead atoms. The van der Waals surface area contributed by atoms with Crippen molar-refractivity contribution in [1.82, 2.24) is 9.78 Å². The summed E-state index contributed by atoms with van der Waals surface area (Å²) in [7, 11) is 5.02. The third-order valence-corrected chi connectivity index (χ3v) is 2.99. The molecule has 1 atom stereocenters. The second-order valence-corrected chi connectivity index (χ2v) is 4.36. The molecule has 1 aromatic carbocycles. The minimum Gasteiger partial charge on any atom is -0.493 e. The fourth-order valence-electron chi connectivity index (χ4n) is 1.96. The Morgan fingerprint density at radius 2 is 2.00 bits per heavy atom. The van der Waals surface area contributed by atoms with Gasteiger partial charge in [0, 0.05) is 25.2 Å². The highest BCUT2D eigenvalue weighted by molar-refractivity contribution is 5.43. The lowest BCUT2D eigenvalue weighted by molar-refractivity contribution is 0.178. The molecule has 0 spiro atoms. The zero-order valence-corrected chi connectivity index (χ0v) is 11.3. The fraction of sp³-hybridized carbons (Fsp3) is 0.357. The number of rotatable bonds is 5. The molecule has 1 unspecified atom stereocenters. The minimum atomic E-state index is -0.577. The van der Waals surface area contributed by atoms with Gasteiger partial charge in [0.15, 0.2) is 11.5 Å². The standard InChI is InChI=1S/C14H18N2O3/c1-16-9-11(8-15-16)12(17)6-10-4-5-13(18-2)14(7-10)19-3/h4-5,7-9,12,17H,6H2,1-3H3. The summed E-state index contributed by atoms with van der Waals surface area (Å²) in [6.07, 6.45) is 3.41. The van der Waals surface area contributed by atoms with Crippen molar-refractivity contribution in [2.75, 3.05) is 14.2 Å². The molecule has 0 aliphatic carbocycles. The number of aromatic nitrogens is 2. The Morgan fingerprint density at radius 1 is 1.26 bits per heavy atom. The average molecular weight is 262 g/mol. The van der Waals surface area contributed by atoms with Crippen molar-refractivity contribution in [2.45, 2.75) is 12.5 Å². The van der Waals surface area contributed by atoms with Crippen LogP contribution in [0.15, 0.2) is 30.6 Å². The third-order valence-electron chi connectivity index (χ3n) is 2.99. The molecule has 2 rings (SSSR count). The van der Waals surface area contributed by atoms with Crippen LogP contribution in [0.1, 0.15) is 17.2 Å². The third kappa shape index (κ3) is 3.06. The molecule has 0 saturated carbocycles. The lowest BCUT2D eigenvalue weighted by atomic mass is 10.0. The van der Waals surface area contributed by atoms with Crippen molar-refractivity contribution in [3.8, 4) is 11.5 Å². The molecule has 19 heavy (non-hydrogen) atoms. The molecular weight excluding hydrogens is 244 g/mol. The van der Waals surface area contributed by atoms with E-state index in [9.17, 15) is 5.11 Å². The first kappa shape index (κ1) is 13.4. The van der Waals surface area contributed by atoms with Crippen LogP contribution in [0.4, 0.5) is 0 Å². The van der Waals surface area contributed by atoms with Gasteiger partial charge in [0.05, 0.1) is 26.5 Å². The van der Waals surface area contributed by atoms with Crippen molar-refractivity contribution < 1.29 is 14.6 Å². The van der Waals surface area contributed by atoms with E-state index in [1.807, 2.05) is 31.4 Å². The number of nitrogens with zero attached hydrogens (tertiary/aromatic N) is 2. The maximum Gasteiger partial charge on any atom is 0.160 e. The number of aliphatic hydroxyl groups excluding tert-OH is 1. The molecule has 0 radical (unpaired) electrons. The van der Waals surface area contributed by atoms with Crippen molar-refractivity contribution in [3.05, 3.63) is 41.7 Å². The number of benzene rings is 1. The summed E-state index contributed by atoms with van der Waals surface area (Å²) < 4.78 is 12.1. The average Bonchev–Trinajstić information content (AvgIpc) is 2.85. The van der Waals surface area contributed by atoms with E-state index in [4.69, 9.17) is 9.47 Å². The van der Waals surface area contributed by atoms with Gasteiger partial charge in [-0.05, 0) is 17.7 Å². The first-order chi connectivity index (χ1) is 9.13. The summed E-state index contributed by atoms with van der Waals surface area (Å²) in [5.41, 5.74) is 1.78. The van der Waals surface area contributed by atoms with Gasteiger partial charge in [0.2, 0.25) is 0 Å². The van der Waals surface area contributed by atoms with Crippen LogP contribution in [0.3, 0.4) is 0 Å². The van der Waals surface area contributed by atoms with Gasteiger partial charge in [-0.15, -0.1) is 0 Å². The number of ether oxygens (including phenoxy) is 2. The lowest BCUT2D eigenvalue weighted by Gasteiger charge is -2.12. The van der Waals surface area contributed by atoms with E-state index in [0.717, 1.165) is 11.1 Å². The Bertz CT molecular complexity index is 551. The summed E-state index contributed by atoms with van der Waals surface area (Å²) in [5, 5.41) is 14.2. The van der Waals surface area contributed by atoms with Gasteiger partial charge >= 0.3 is 0 Å². The molecule has 0 fully saturated rings. The van der Waals surface area contributed by atoms with E-state index in [1.54, 1.807) is 25.1 Å². The predicted octanol–water partition coefficient (Wildman–Crippen LogP) is 1.71. The highest BCUT2D eigenvalue weighted by Crippen LogP contribution is 2.29.